The number of hydrogen-bond donors (Lipinski definition) is 3. The summed E-state index contributed by atoms with van der Waals surface area (Å²) in [6.07, 6.45) is 0.468. The maximum atomic E-state index is 12.0. The molecule has 5 N–H and O–H groups in total. The van der Waals surface area contributed by atoms with Crippen LogP contribution in [0.3, 0.4) is 0 Å². The van der Waals surface area contributed by atoms with Crippen LogP contribution in [0.2, 0.25) is 0 Å². The molecule has 1 unspecified atom stereocenters. The molecule has 1 aliphatic heterocycles. The first-order chi connectivity index (χ1) is 9.31. The lowest BCUT2D eigenvalue weighted by atomic mass is 9.99. The van der Waals surface area contributed by atoms with Crippen molar-refractivity contribution in [2.45, 2.75) is 23.4 Å². The SMILES string of the molecule is NC1(C(=O)NCc2cccc(S(N)(=O)=O)c2)CCOC1. The first-order valence-electron chi connectivity index (χ1n) is 6.08. The normalized spacial score (nSPS) is 22.7. The third kappa shape index (κ3) is 3.34. The first-order valence-corrected chi connectivity index (χ1v) is 7.63. The second-order valence-corrected chi connectivity index (χ2v) is 6.40. The fraction of sp³-hybridized carbons (Fsp3) is 0.417. The van der Waals surface area contributed by atoms with E-state index in [1.165, 1.54) is 12.1 Å². The molecule has 0 spiro atoms. The lowest BCUT2D eigenvalue weighted by Crippen LogP contribution is -2.54. The number of nitrogens with two attached hydrogens (primary N) is 2. The van der Waals surface area contributed by atoms with Crippen LogP contribution in [0.15, 0.2) is 29.2 Å². The van der Waals surface area contributed by atoms with E-state index in [2.05, 4.69) is 5.32 Å². The monoisotopic (exact) mass is 299 g/mol. The Hall–Kier alpha value is -1.48. The summed E-state index contributed by atoms with van der Waals surface area (Å²) in [5.41, 5.74) is 5.54. The van der Waals surface area contributed by atoms with Crippen LogP contribution in [-0.2, 0) is 26.1 Å². The molecule has 0 bridgehead atoms. The van der Waals surface area contributed by atoms with Gasteiger partial charge in [0.1, 0.15) is 5.54 Å². The quantitative estimate of drug-likeness (QED) is 0.662. The average Bonchev–Trinajstić information content (AvgIpc) is 2.83. The maximum Gasteiger partial charge on any atom is 0.242 e. The minimum atomic E-state index is -3.75. The predicted molar refractivity (Wildman–Crippen MR) is 72.0 cm³/mol. The van der Waals surface area contributed by atoms with E-state index < -0.39 is 15.6 Å². The van der Waals surface area contributed by atoms with Crippen LogP contribution in [0.5, 0.6) is 0 Å². The van der Waals surface area contributed by atoms with Crippen LogP contribution < -0.4 is 16.2 Å². The molecule has 0 aromatic heterocycles. The van der Waals surface area contributed by atoms with E-state index in [0.29, 0.717) is 18.6 Å². The first kappa shape index (κ1) is 14.9. The highest BCUT2D eigenvalue weighted by Crippen LogP contribution is 2.16. The summed E-state index contributed by atoms with van der Waals surface area (Å²) in [6, 6.07) is 6.08. The van der Waals surface area contributed by atoms with Crippen molar-refractivity contribution in [2.75, 3.05) is 13.2 Å². The topological polar surface area (TPSA) is 125 Å². The summed E-state index contributed by atoms with van der Waals surface area (Å²) < 4.78 is 27.6. The molecule has 1 fully saturated rings. The molecular weight excluding hydrogens is 282 g/mol. The van der Waals surface area contributed by atoms with Crippen molar-refractivity contribution in [3.8, 4) is 0 Å². The second-order valence-electron chi connectivity index (χ2n) is 4.83. The van der Waals surface area contributed by atoms with Crippen molar-refractivity contribution in [1.29, 1.82) is 0 Å². The zero-order chi connectivity index (χ0) is 14.8. The van der Waals surface area contributed by atoms with Gasteiger partial charge in [0.2, 0.25) is 15.9 Å². The Morgan fingerprint density at radius 1 is 1.45 bits per heavy atom. The number of amides is 1. The van der Waals surface area contributed by atoms with Crippen molar-refractivity contribution in [3.05, 3.63) is 29.8 Å². The largest absolute Gasteiger partial charge is 0.379 e. The van der Waals surface area contributed by atoms with Gasteiger partial charge in [-0.15, -0.1) is 0 Å². The van der Waals surface area contributed by atoms with Gasteiger partial charge >= 0.3 is 0 Å². The Kier molecular flexibility index (Phi) is 4.09. The number of sulfonamides is 1. The Balaban J connectivity index is 2.03. The molecule has 1 amide bonds. The number of benzene rings is 1. The van der Waals surface area contributed by atoms with E-state index in [1.54, 1.807) is 12.1 Å². The molecule has 1 heterocycles. The van der Waals surface area contributed by atoms with Gasteiger partial charge in [0.15, 0.2) is 0 Å². The molecule has 1 aliphatic rings. The minimum Gasteiger partial charge on any atom is -0.379 e. The van der Waals surface area contributed by atoms with Crippen molar-refractivity contribution in [3.63, 3.8) is 0 Å². The average molecular weight is 299 g/mol. The van der Waals surface area contributed by atoms with Gasteiger partial charge in [0.25, 0.3) is 0 Å². The van der Waals surface area contributed by atoms with E-state index in [4.69, 9.17) is 15.6 Å². The third-order valence-corrected chi connectivity index (χ3v) is 4.10. The number of rotatable bonds is 4. The van der Waals surface area contributed by atoms with Crippen LogP contribution in [-0.4, -0.2) is 33.1 Å². The lowest BCUT2D eigenvalue weighted by Gasteiger charge is -2.20. The molecule has 8 heteroatoms. The third-order valence-electron chi connectivity index (χ3n) is 3.18. The fourth-order valence-corrected chi connectivity index (χ4v) is 2.53. The summed E-state index contributed by atoms with van der Waals surface area (Å²) in [4.78, 5) is 12.0. The van der Waals surface area contributed by atoms with E-state index >= 15 is 0 Å². The molecule has 1 saturated heterocycles. The summed E-state index contributed by atoms with van der Waals surface area (Å²) in [5.74, 6) is -0.309. The minimum absolute atomic E-state index is 0.0101. The number of nitrogens with one attached hydrogen (secondary N) is 1. The van der Waals surface area contributed by atoms with Gasteiger partial charge in [-0.1, -0.05) is 12.1 Å². The van der Waals surface area contributed by atoms with Gasteiger partial charge < -0.3 is 15.8 Å². The van der Waals surface area contributed by atoms with Crippen molar-refractivity contribution in [2.24, 2.45) is 10.9 Å². The molecule has 0 radical (unpaired) electrons. The smallest absolute Gasteiger partial charge is 0.242 e. The summed E-state index contributed by atoms with van der Waals surface area (Å²) in [7, 11) is -3.75. The molecule has 110 valence electrons. The zero-order valence-electron chi connectivity index (χ0n) is 10.8. The molecule has 0 aliphatic carbocycles. The Morgan fingerprint density at radius 3 is 2.80 bits per heavy atom. The number of hydrogen-bond acceptors (Lipinski definition) is 5. The molecule has 0 saturated carbocycles. The van der Waals surface area contributed by atoms with E-state index in [1.807, 2.05) is 0 Å². The van der Waals surface area contributed by atoms with E-state index in [-0.39, 0.29) is 24.0 Å². The highest BCUT2D eigenvalue weighted by molar-refractivity contribution is 7.89. The maximum absolute atomic E-state index is 12.0. The van der Waals surface area contributed by atoms with Crippen LogP contribution in [0.25, 0.3) is 0 Å². The van der Waals surface area contributed by atoms with Gasteiger partial charge in [-0.3, -0.25) is 4.79 Å². The van der Waals surface area contributed by atoms with Crippen LogP contribution in [0, 0.1) is 0 Å². The standard InChI is InChI=1S/C12H17N3O4S/c13-12(4-5-19-8-12)11(16)15-7-9-2-1-3-10(6-9)20(14,17)18/h1-3,6H,4-5,7-8,13H2,(H,15,16)(H2,14,17,18). The van der Waals surface area contributed by atoms with E-state index in [9.17, 15) is 13.2 Å². The van der Waals surface area contributed by atoms with Crippen molar-refractivity contribution < 1.29 is 17.9 Å². The molecule has 1 aromatic carbocycles. The van der Waals surface area contributed by atoms with Gasteiger partial charge in [-0.25, -0.2) is 13.6 Å². The molecule has 20 heavy (non-hydrogen) atoms. The summed E-state index contributed by atoms with van der Waals surface area (Å²) in [6.45, 7) is 0.835. The number of carbonyl (C=O) groups is 1. The Morgan fingerprint density at radius 2 is 2.20 bits per heavy atom. The van der Waals surface area contributed by atoms with Gasteiger partial charge in [-0.2, -0.15) is 0 Å². The van der Waals surface area contributed by atoms with Crippen LogP contribution >= 0.6 is 0 Å². The molecule has 1 aromatic rings. The molecule has 7 nitrogen and oxygen atoms in total. The summed E-state index contributed by atoms with van der Waals surface area (Å²) in [5, 5.41) is 7.73. The van der Waals surface area contributed by atoms with Crippen molar-refractivity contribution in [1.82, 2.24) is 5.32 Å². The highest BCUT2D eigenvalue weighted by atomic mass is 32.2. The summed E-state index contributed by atoms with van der Waals surface area (Å²) >= 11 is 0. The van der Waals surface area contributed by atoms with Crippen molar-refractivity contribution >= 4 is 15.9 Å². The number of ether oxygens (including phenoxy) is 1. The highest BCUT2D eigenvalue weighted by Gasteiger charge is 2.37. The van der Waals surface area contributed by atoms with E-state index in [0.717, 1.165) is 0 Å². The lowest BCUT2D eigenvalue weighted by molar-refractivity contribution is -0.126. The van der Waals surface area contributed by atoms with Gasteiger partial charge in [-0.05, 0) is 24.1 Å². The Bertz CT molecular complexity index is 609. The zero-order valence-corrected chi connectivity index (χ0v) is 11.7. The number of primary sulfonamides is 1. The number of carbonyl (C=O) groups excluding carboxylic acids is 1. The second kappa shape index (κ2) is 5.49. The van der Waals surface area contributed by atoms with Gasteiger partial charge in [0.05, 0.1) is 11.5 Å². The fourth-order valence-electron chi connectivity index (χ4n) is 1.95. The van der Waals surface area contributed by atoms with Crippen LogP contribution in [0.4, 0.5) is 0 Å². The predicted octanol–water partition coefficient (Wildman–Crippen LogP) is -0.932. The van der Waals surface area contributed by atoms with Crippen LogP contribution in [0.1, 0.15) is 12.0 Å². The molecular formula is C12H17N3O4S. The molecule has 2 rings (SSSR count). The Labute approximate surface area is 117 Å². The molecule has 1 atom stereocenters. The van der Waals surface area contributed by atoms with Gasteiger partial charge in [0, 0.05) is 13.2 Å².